The molecule has 2 unspecified atom stereocenters. The number of methoxy groups -OCH3 is 1. The van der Waals surface area contributed by atoms with Gasteiger partial charge in [-0.2, -0.15) is 0 Å². The minimum Gasteiger partial charge on any atom is -0.496 e. The van der Waals surface area contributed by atoms with Crippen molar-refractivity contribution in [2.75, 3.05) is 33.8 Å². The minimum absolute atomic E-state index is 0.0142. The number of benzene rings is 2. The van der Waals surface area contributed by atoms with E-state index in [2.05, 4.69) is 34.4 Å². The summed E-state index contributed by atoms with van der Waals surface area (Å²) in [6.45, 7) is 2.28. The number of urea groups is 1. The quantitative estimate of drug-likeness (QED) is 0.690. The van der Waals surface area contributed by atoms with Gasteiger partial charge in [-0.3, -0.25) is 0 Å². The molecule has 1 aromatic heterocycles. The monoisotopic (exact) mass is 419 g/mol. The van der Waals surface area contributed by atoms with E-state index in [1.54, 1.807) is 13.3 Å². The van der Waals surface area contributed by atoms with Gasteiger partial charge >= 0.3 is 6.03 Å². The second-order valence-electron chi connectivity index (χ2n) is 7.90. The van der Waals surface area contributed by atoms with E-state index in [0.29, 0.717) is 12.3 Å². The molecule has 1 N–H and O–H groups in total. The molecule has 3 aromatic rings. The van der Waals surface area contributed by atoms with Crippen LogP contribution in [0.15, 0.2) is 67.0 Å². The average molecular weight is 420 g/mol. The van der Waals surface area contributed by atoms with Crippen LogP contribution in [0.25, 0.3) is 0 Å². The molecule has 7 nitrogen and oxygen atoms in total. The maximum Gasteiger partial charge on any atom is 0.318 e. The first kappa shape index (κ1) is 20.9. The molecule has 7 heteroatoms. The van der Waals surface area contributed by atoms with Gasteiger partial charge in [-0.1, -0.05) is 48.5 Å². The summed E-state index contributed by atoms with van der Waals surface area (Å²) in [4.78, 5) is 22.3. The number of ether oxygens (including phenoxy) is 1. The number of aromatic nitrogens is 2. The number of rotatable bonds is 5. The Hall–Kier alpha value is -3.32. The molecule has 1 fully saturated rings. The molecule has 1 aliphatic heterocycles. The van der Waals surface area contributed by atoms with E-state index in [0.717, 1.165) is 30.0 Å². The molecule has 0 bridgehead atoms. The molecule has 1 saturated heterocycles. The largest absolute Gasteiger partial charge is 0.496 e. The highest BCUT2D eigenvalue weighted by molar-refractivity contribution is 5.76. The molecule has 162 valence electrons. The van der Waals surface area contributed by atoms with E-state index in [1.807, 2.05) is 65.2 Å². The summed E-state index contributed by atoms with van der Waals surface area (Å²) in [7, 11) is 5.66. The van der Waals surface area contributed by atoms with E-state index in [-0.39, 0.29) is 12.1 Å². The van der Waals surface area contributed by atoms with Crippen LogP contribution in [0, 0.1) is 0 Å². The number of imidazole rings is 1. The highest BCUT2D eigenvalue weighted by Gasteiger charge is 2.33. The van der Waals surface area contributed by atoms with E-state index in [1.165, 1.54) is 0 Å². The molecule has 2 heterocycles. The number of nitrogens with zero attached hydrogens (tertiary/aromatic N) is 4. The molecule has 0 radical (unpaired) electrons. The number of nitrogens with one attached hydrogen (secondary N) is 1. The van der Waals surface area contributed by atoms with Crippen molar-refractivity contribution in [1.29, 1.82) is 0 Å². The number of carbonyl (C=O) groups excluding carboxylic acids is 1. The fourth-order valence-corrected chi connectivity index (χ4v) is 4.17. The SMILES string of the molecule is COc1ccccc1C(NC(=O)N1CCN(C)CC1c1ccccc1)c1nccn1C. The molecule has 0 saturated carbocycles. The van der Waals surface area contributed by atoms with Gasteiger partial charge in [0.2, 0.25) is 0 Å². The van der Waals surface area contributed by atoms with Crippen molar-refractivity contribution in [1.82, 2.24) is 24.7 Å². The predicted octanol–water partition coefficient (Wildman–Crippen LogP) is 3.22. The zero-order valence-corrected chi connectivity index (χ0v) is 18.2. The summed E-state index contributed by atoms with van der Waals surface area (Å²) in [6, 6.07) is 17.4. The molecule has 0 aliphatic carbocycles. The fraction of sp³-hybridized carbons (Fsp3) is 0.333. The number of hydrogen-bond donors (Lipinski definition) is 1. The average Bonchev–Trinajstić information content (AvgIpc) is 3.23. The number of aryl methyl sites for hydroxylation is 1. The van der Waals surface area contributed by atoms with E-state index >= 15 is 0 Å². The third-order valence-electron chi connectivity index (χ3n) is 5.86. The van der Waals surface area contributed by atoms with Gasteiger partial charge in [0.25, 0.3) is 0 Å². The fourth-order valence-electron chi connectivity index (χ4n) is 4.17. The van der Waals surface area contributed by atoms with Crippen LogP contribution >= 0.6 is 0 Å². The van der Waals surface area contributed by atoms with Crippen LogP contribution in [0.1, 0.15) is 29.0 Å². The standard InChI is InChI=1S/C24H29N5O2/c1-27-15-16-29(20(17-27)18-9-5-4-6-10-18)24(30)26-22(23-25-13-14-28(23)2)19-11-7-8-12-21(19)31-3/h4-14,20,22H,15-17H2,1-3H3,(H,26,30). The second-order valence-corrected chi connectivity index (χ2v) is 7.90. The van der Waals surface area contributed by atoms with E-state index < -0.39 is 6.04 Å². The first-order chi connectivity index (χ1) is 15.1. The Labute approximate surface area is 183 Å². The summed E-state index contributed by atoms with van der Waals surface area (Å²) in [5.74, 6) is 1.47. The molecular weight excluding hydrogens is 390 g/mol. The lowest BCUT2D eigenvalue weighted by atomic mass is 10.0. The van der Waals surface area contributed by atoms with Crippen molar-refractivity contribution in [3.05, 3.63) is 83.9 Å². The minimum atomic E-state index is -0.431. The first-order valence-corrected chi connectivity index (χ1v) is 10.5. The summed E-state index contributed by atoms with van der Waals surface area (Å²) < 4.78 is 7.51. The lowest BCUT2D eigenvalue weighted by molar-refractivity contribution is 0.107. The van der Waals surface area contributed by atoms with Gasteiger partial charge in [0.1, 0.15) is 17.6 Å². The normalized spacial score (nSPS) is 17.9. The van der Waals surface area contributed by atoms with Crippen molar-refractivity contribution in [2.45, 2.75) is 12.1 Å². The zero-order chi connectivity index (χ0) is 21.8. The Morgan fingerprint density at radius 1 is 1.10 bits per heavy atom. The third-order valence-corrected chi connectivity index (χ3v) is 5.86. The lowest BCUT2D eigenvalue weighted by Crippen LogP contribution is -2.53. The van der Waals surface area contributed by atoms with Crippen molar-refractivity contribution < 1.29 is 9.53 Å². The number of amides is 2. The maximum absolute atomic E-state index is 13.6. The van der Waals surface area contributed by atoms with Crippen molar-refractivity contribution >= 4 is 6.03 Å². The molecule has 1 aliphatic rings. The highest BCUT2D eigenvalue weighted by atomic mass is 16.5. The van der Waals surface area contributed by atoms with Gasteiger partial charge in [-0.25, -0.2) is 9.78 Å². The summed E-state index contributed by atoms with van der Waals surface area (Å²) in [5, 5.41) is 3.24. The Morgan fingerprint density at radius 3 is 2.55 bits per heavy atom. The lowest BCUT2D eigenvalue weighted by Gasteiger charge is -2.40. The molecule has 2 amide bonds. The molecule has 2 atom stereocenters. The number of para-hydroxylation sites is 1. The molecule has 31 heavy (non-hydrogen) atoms. The Morgan fingerprint density at radius 2 is 1.84 bits per heavy atom. The van der Waals surface area contributed by atoms with E-state index in [9.17, 15) is 4.79 Å². The van der Waals surface area contributed by atoms with Crippen LogP contribution in [-0.4, -0.2) is 59.2 Å². The number of likely N-dealkylation sites (N-methyl/N-ethyl adjacent to an activating group) is 1. The number of carbonyl (C=O) groups is 1. The van der Waals surface area contributed by atoms with Crippen molar-refractivity contribution in [2.24, 2.45) is 7.05 Å². The first-order valence-electron chi connectivity index (χ1n) is 10.5. The van der Waals surface area contributed by atoms with Crippen LogP contribution < -0.4 is 10.1 Å². The summed E-state index contributed by atoms with van der Waals surface area (Å²) >= 11 is 0. The highest BCUT2D eigenvalue weighted by Crippen LogP contribution is 2.31. The zero-order valence-electron chi connectivity index (χ0n) is 18.2. The molecule has 2 aromatic carbocycles. The van der Waals surface area contributed by atoms with Crippen LogP contribution in [-0.2, 0) is 7.05 Å². The van der Waals surface area contributed by atoms with Crippen molar-refractivity contribution in [3.8, 4) is 5.75 Å². The number of hydrogen-bond acceptors (Lipinski definition) is 4. The molecule has 4 rings (SSSR count). The van der Waals surface area contributed by atoms with Gasteiger partial charge in [0, 0.05) is 44.6 Å². The summed E-state index contributed by atoms with van der Waals surface area (Å²) in [5.41, 5.74) is 2.01. The topological polar surface area (TPSA) is 62.6 Å². The van der Waals surface area contributed by atoms with Gasteiger partial charge in [-0.05, 0) is 18.7 Å². The third kappa shape index (κ3) is 4.41. The van der Waals surface area contributed by atoms with Crippen LogP contribution in [0.2, 0.25) is 0 Å². The predicted molar refractivity (Wildman–Crippen MR) is 120 cm³/mol. The van der Waals surface area contributed by atoms with E-state index in [4.69, 9.17) is 4.74 Å². The Kier molecular flexibility index (Phi) is 6.23. The van der Waals surface area contributed by atoms with Crippen LogP contribution in [0.3, 0.4) is 0 Å². The Balaban J connectivity index is 1.66. The van der Waals surface area contributed by atoms with Gasteiger partial charge in [0.05, 0.1) is 13.2 Å². The van der Waals surface area contributed by atoms with Crippen molar-refractivity contribution in [3.63, 3.8) is 0 Å². The smallest absolute Gasteiger partial charge is 0.318 e. The van der Waals surface area contributed by atoms with Crippen LogP contribution in [0.5, 0.6) is 5.75 Å². The van der Waals surface area contributed by atoms with Gasteiger partial charge in [0.15, 0.2) is 0 Å². The maximum atomic E-state index is 13.6. The second kappa shape index (κ2) is 9.22. The van der Waals surface area contributed by atoms with Gasteiger partial charge in [-0.15, -0.1) is 0 Å². The summed E-state index contributed by atoms with van der Waals surface area (Å²) in [6.07, 6.45) is 3.62. The number of piperazine rings is 1. The molecule has 0 spiro atoms. The Bertz CT molecular complexity index is 1020. The van der Waals surface area contributed by atoms with Gasteiger partial charge < -0.3 is 24.4 Å². The van der Waals surface area contributed by atoms with Crippen LogP contribution in [0.4, 0.5) is 4.79 Å². The molecular formula is C24H29N5O2.